The van der Waals surface area contributed by atoms with Crippen molar-refractivity contribution >= 4 is 38.7 Å². The van der Waals surface area contributed by atoms with E-state index in [0.29, 0.717) is 28.7 Å². The van der Waals surface area contributed by atoms with E-state index >= 15 is 0 Å². The van der Waals surface area contributed by atoms with Crippen LogP contribution in [0.15, 0.2) is 47.4 Å². The first-order valence-corrected chi connectivity index (χ1v) is 12.9. The van der Waals surface area contributed by atoms with Crippen LogP contribution in [0.5, 0.6) is 5.75 Å². The molecule has 0 radical (unpaired) electrons. The second-order valence-corrected chi connectivity index (χ2v) is 11.6. The maximum Gasteiger partial charge on any atom is 0.344 e. The molecule has 4 aliphatic rings. The van der Waals surface area contributed by atoms with Gasteiger partial charge in [0.1, 0.15) is 5.75 Å². The average Bonchev–Trinajstić information content (AvgIpc) is 2.66. The molecule has 1 N–H and O–H groups in total. The summed E-state index contributed by atoms with van der Waals surface area (Å²) in [7, 11) is -4.36. The van der Waals surface area contributed by atoms with Crippen molar-refractivity contribution in [3.05, 3.63) is 57.2 Å². The second kappa shape index (κ2) is 7.60. The maximum absolute atomic E-state index is 12.7. The number of carbonyl (C=O) groups excluding carboxylic acids is 1. The smallest absolute Gasteiger partial charge is 0.344 e. The van der Waals surface area contributed by atoms with Crippen LogP contribution in [-0.2, 0) is 10.1 Å². The number of rotatable bonds is 4. The van der Waals surface area contributed by atoms with E-state index in [4.69, 9.17) is 4.74 Å². The molecule has 0 aromatic heterocycles. The molecule has 2 aromatic carbocycles. The highest BCUT2D eigenvalue weighted by atomic mass is 127. The second-order valence-electron chi connectivity index (χ2n) is 9.00. The first-order valence-electron chi connectivity index (χ1n) is 10.4. The van der Waals surface area contributed by atoms with E-state index in [0.717, 1.165) is 41.1 Å². The van der Waals surface area contributed by atoms with E-state index < -0.39 is 16.1 Å². The summed E-state index contributed by atoms with van der Waals surface area (Å²) in [5.74, 6) is 2.29. The van der Waals surface area contributed by atoms with Crippen LogP contribution in [0.3, 0.4) is 0 Å². The van der Waals surface area contributed by atoms with E-state index in [1.54, 1.807) is 18.2 Å². The van der Waals surface area contributed by atoms with Gasteiger partial charge in [0.15, 0.2) is 0 Å². The minimum Gasteiger partial charge on any atom is -0.423 e. The molecule has 0 saturated heterocycles. The number of carbonyl (C=O) groups is 1. The van der Waals surface area contributed by atoms with Gasteiger partial charge < -0.3 is 4.74 Å². The van der Waals surface area contributed by atoms with Gasteiger partial charge in [-0.3, -0.25) is 4.55 Å². The molecule has 2 aromatic rings. The summed E-state index contributed by atoms with van der Waals surface area (Å²) >= 11 is 2.09. The molecular formula is C23H23IO5S. The topological polar surface area (TPSA) is 80.7 Å². The fourth-order valence-electron chi connectivity index (χ4n) is 6.31. The van der Waals surface area contributed by atoms with Crippen LogP contribution in [0, 0.1) is 27.2 Å². The third-order valence-corrected chi connectivity index (χ3v) is 9.02. The third-order valence-electron chi connectivity index (χ3n) is 7.15. The summed E-state index contributed by atoms with van der Waals surface area (Å²) in [6, 6.07) is 11.7. The van der Waals surface area contributed by atoms with Crippen molar-refractivity contribution in [2.45, 2.75) is 42.9 Å². The van der Waals surface area contributed by atoms with Gasteiger partial charge in [0.25, 0.3) is 10.1 Å². The lowest BCUT2D eigenvalue weighted by molar-refractivity contribution is -0.00373. The lowest BCUT2D eigenvalue weighted by Crippen LogP contribution is -2.44. The maximum atomic E-state index is 12.7. The molecule has 5 nitrogen and oxygen atoms in total. The van der Waals surface area contributed by atoms with Gasteiger partial charge in [-0.1, -0.05) is 12.1 Å². The van der Waals surface area contributed by atoms with Gasteiger partial charge >= 0.3 is 5.97 Å². The molecule has 6 rings (SSSR count). The third kappa shape index (κ3) is 3.69. The Kier molecular flexibility index (Phi) is 5.18. The van der Waals surface area contributed by atoms with Crippen LogP contribution in [0.1, 0.15) is 53.9 Å². The quantitative estimate of drug-likeness (QED) is 0.248. The Morgan fingerprint density at radius 2 is 1.60 bits per heavy atom. The van der Waals surface area contributed by atoms with E-state index in [-0.39, 0.29) is 10.8 Å². The van der Waals surface area contributed by atoms with Crippen molar-refractivity contribution in [1.29, 1.82) is 0 Å². The van der Waals surface area contributed by atoms with E-state index in [9.17, 15) is 17.8 Å². The molecule has 158 valence electrons. The normalized spacial score (nSPS) is 29.7. The lowest BCUT2D eigenvalue weighted by Gasteiger charge is -2.54. The highest BCUT2D eigenvalue weighted by Gasteiger charge is 2.49. The van der Waals surface area contributed by atoms with Crippen LogP contribution in [0.2, 0.25) is 0 Å². The molecule has 0 heterocycles. The fraction of sp³-hybridized carbons (Fsp3) is 0.435. The minimum absolute atomic E-state index is 0.0472. The van der Waals surface area contributed by atoms with E-state index in [2.05, 4.69) is 22.6 Å². The van der Waals surface area contributed by atoms with Gasteiger partial charge in [0.2, 0.25) is 0 Å². The monoisotopic (exact) mass is 538 g/mol. The summed E-state index contributed by atoms with van der Waals surface area (Å²) in [5.41, 5.74) is 1.08. The molecule has 0 spiro atoms. The molecule has 0 atom stereocenters. The number of halogens is 1. The zero-order valence-electron chi connectivity index (χ0n) is 16.3. The van der Waals surface area contributed by atoms with Crippen LogP contribution < -0.4 is 4.74 Å². The number of esters is 1. The van der Waals surface area contributed by atoms with E-state index in [1.807, 2.05) is 12.1 Å². The SMILES string of the molecule is O=C(Oc1ccc(S(=O)(=O)O)c(C2C3CC4CC(C3)CC2C4)c1)c1ccccc1I. The van der Waals surface area contributed by atoms with E-state index in [1.165, 1.54) is 18.6 Å². The van der Waals surface area contributed by atoms with Crippen LogP contribution in [0.25, 0.3) is 0 Å². The summed E-state index contributed by atoms with van der Waals surface area (Å²) in [4.78, 5) is 12.6. The Morgan fingerprint density at radius 1 is 0.967 bits per heavy atom. The lowest BCUT2D eigenvalue weighted by atomic mass is 9.51. The number of ether oxygens (including phenoxy) is 1. The van der Waals surface area contributed by atoms with Crippen molar-refractivity contribution in [2.24, 2.45) is 23.7 Å². The minimum atomic E-state index is -4.36. The Bertz CT molecular complexity index is 1080. The van der Waals surface area contributed by atoms with Crippen LogP contribution >= 0.6 is 22.6 Å². The van der Waals surface area contributed by atoms with Gasteiger partial charge in [-0.05, 0) is 120 Å². The predicted octanol–water partition coefficient (Wildman–Crippen LogP) is 5.30. The van der Waals surface area contributed by atoms with Crippen LogP contribution in [-0.4, -0.2) is 18.9 Å². The molecule has 4 saturated carbocycles. The summed E-state index contributed by atoms with van der Waals surface area (Å²) < 4.78 is 40.5. The van der Waals surface area contributed by atoms with Gasteiger partial charge in [0.05, 0.1) is 10.5 Å². The Hall–Kier alpha value is -1.45. The summed E-state index contributed by atoms with van der Waals surface area (Å²) in [6.45, 7) is 0. The summed E-state index contributed by atoms with van der Waals surface area (Å²) in [6.07, 6.45) is 5.78. The molecule has 4 bridgehead atoms. The molecule has 7 heteroatoms. The molecule has 4 fully saturated rings. The Labute approximate surface area is 190 Å². The largest absolute Gasteiger partial charge is 0.423 e. The molecular weight excluding hydrogens is 515 g/mol. The standard InChI is InChI=1S/C23H23IO5S/c24-20-4-2-1-3-18(20)23(25)29-17-5-6-21(30(26,27)28)19(12-17)22-15-8-13-7-14(10-15)11-16(22)9-13/h1-6,12-16,22H,7-11H2,(H,26,27,28). The highest BCUT2D eigenvalue weighted by Crippen LogP contribution is 2.60. The zero-order valence-corrected chi connectivity index (χ0v) is 19.3. The first kappa shape index (κ1) is 20.5. The highest BCUT2D eigenvalue weighted by molar-refractivity contribution is 14.1. The van der Waals surface area contributed by atoms with Crippen LogP contribution in [0.4, 0.5) is 0 Å². The zero-order chi connectivity index (χ0) is 21.0. The Balaban J connectivity index is 1.51. The van der Waals surface area contributed by atoms with Crippen molar-refractivity contribution in [2.75, 3.05) is 0 Å². The van der Waals surface area contributed by atoms with Gasteiger partial charge in [-0.2, -0.15) is 8.42 Å². The van der Waals surface area contributed by atoms with Crippen molar-refractivity contribution in [3.8, 4) is 5.75 Å². The molecule has 0 aliphatic heterocycles. The predicted molar refractivity (Wildman–Crippen MR) is 120 cm³/mol. The molecule has 0 amide bonds. The van der Waals surface area contributed by atoms with Crippen molar-refractivity contribution in [1.82, 2.24) is 0 Å². The first-order chi connectivity index (χ1) is 14.3. The fourth-order valence-corrected chi connectivity index (χ4v) is 7.65. The van der Waals surface area contributed by atoms with Gasteiger partial charge in [-0.25, -0.2) is 4.79 Å². The molecule has 0 unspecified atom stereocenters. The van der Waals surface area contributed by atoms with Crippen molar-refractivity contribution < 1.29 is 22.5 Å². The summed E-state index contributed by atoms with van der Waals surface area (Å²) in [5, 5.41) is 0. The number of hydrogen-bond donors (Lipinski definition) is 1. The van der Waals surface area contributed by atoms with Gasteiger partial charge in [0, 0.05) is 3.57 Å². The van der Waals surface area contributed by atoms with Crippen molar-refractivity contribution in [3.63, 3.8) is 0 Å². The molecule has 30 heavy (non-hydrogen) atoms. The Morgan fingerprint density at radius 3 is 2.20 bits per heavy atom. The van der Waals surface area contributed by atoms with Gasteiger partial charge in [-0.15, -0.1) is 0 Å². The average molecular weight is 538 g/mol. The molecule has 4 aliphatic carbocycles. The number of benzene rings is 2. The number of hydrogen-bond acceptors (Lipinski definition) is 4.